The Morgan fingerprint density at radius 1 is 1.05 bits per heavy atom. The normalized spacial score (nSPS) is 20.7. The summed E-state index contributed by atoms with van der Waals surface area (Å²) in [5.41, 5.74) is -1.71. The number of halogens is 3. The Morgan fingerprint density at radius 3 is 2.00 bits per heavy atom. The molecule has 1 saturated heterocycles. The molecular weight excluding hydrogens is 282 g/mol. The summed E-state index contributed by atoms with van der Waals surface area (Å²) in [5.74, 6) is 0. The number of hydrogen-bond acceptors (Lipinski definition) is 3. The summed E-state index contributed by atoms with van der Waals surface area (Å²) in [4.78, 5) is 0. The monoisotopic (exact) mass is 301 g/mol. The summed E-state index contributed by atoms with van der Waals surface area (Å²) < 4.78 is 51.2. The van der Waals surface area contributed by atoms with E-state index in [1.54, 1.807) is 13.1 Å². The molecule has 21 heavy (non-hydrogen) atoms. The Balaban J connectivity index is 2.46. The van der Waals surface area contributed by atoms with Crippen LogP contribution in [0.3, 0.4) is 0 Å². The fraction of sp³-hybridized carbons (Fsp3) is 0.571. The Labute approximate surface area is 123 Å². The van der Waals surface area contributed by atoms with Gasteiger partial charge < -0.3 is 14.6 Å². The second-order valence-electron chi connectivity index (χ2n) is 6.14. The maximum Gasteiger partial charge on any atom is 0.495 e. The van der Waals surface area contributed by atoms with Gasteiger partial charge in [-0.15, -0.1) is 0 Å². The SMILES string of the molecule is CNc1ccc(B2OC(C)(C)C(C)(C)O2)c(C(F)(F)F)c1. The van der Waals surface area contributed by atoms with Gasteiger partial charge in [0.05, 0.1) is 16.8 Å². The highest BCUT2D eigenvalue weighted by Gasteiger charge is 2.53. The average molecular weight is 301 g/mol. The van der Waals surface area contributed by atoms with Gasteiger partial charge in [0.25, 0.3) is 0 Å². The van der Waals surface area contributed by atoms with Gasteiger partial charge in [0.2, 0.25) is 0 Å². The van der Waals surface area contributed by atoms with Gasteiger partial charge in [-0.05, 0) is 45.3 Å². The van der Waals surface area contributed by atoms with Crippen LogP contribution in [0.4, 0.5) is 18.9 Å². The Kier molecular flexibility index (Phi) is 3.79. The molecule has 1 N–H and O–H groups in total. The van der Waals surface area contributed by atoms with Crippen molar-refractivity contribution in [2.24, 2.45) is 0 Å². The van der Waals surface area contributed by atoms with Crippen LogP contribution >= 0.6 is 0 Å². The maximum atomic E-state index is 13.3. The van der Waals surface area contributed by atoms with E-state index in [4.69, 9.17) is 9.31 Å². The van der Waals surface area contributed by atoms with Gasteiger partial charge in [-0.2, -0.15) is 13.2 Å². The second kappa shape index (κ2) is 4.92. The van der Waals surface area contributed by atoms with E-state index in [0.717, 1.165) is 6.07 Å². The van der Waals surface area contributed by atoms with E-state index in [9.17, 15) is 13.2 Å². The topological polar surface area (TPSA) is 30.5 Å². The minimum absolute atomic E-state index is 0.000139. The minimum Gasteiger partial charge on any atom is -0.399 e. The number of rotatable bonds is 2. The van der Waals surface area contributed by atoms with E-state index in [2.05, 4.69) is 5.32 Å². The third-order valence-corrected chi connectivity index (χ3v) is 4.15. The highest BCUT2D eigenvalue weighted by molar-refractivity contribution is 6.62. The van der Waals surface area contributed by atoms with Crippen LogP contribution in [-0.4, -0.2) is 25.4 Å². The predicted molar refractivity (Wildman–Crippen MR) is 76.7 cm³/mol. The van der Waals surface area contributed by atoms with Gasteiger partial charge in [0.15, 0.2) is 0 Å². The molecule has 1 fully saturated rings. The van der Waals surface area contributed by atoms with Crippen molar-refractivity contribution in [1.29, 1.82) is 0 Å². The van der Waals surface area contributed by atoms with E-state index in [1.807, 2.05) is 27.7 Å². The predicted octanol–water partition coefficient (Wildman–Crippen LogP) is 3.05. The number of benzene rings is 1. The number of anilines is 1. The third kappa shape index (κ3) is 2.89. The zero-order valence-corrected chi connectivity index (χ0v) is 12.8. The summed E-state index contributed by atoms with van der Waals surface area (Å²) in [7, 11) is 0.543. The lowest BCUT2D eigenvalue weighted by atomic mass is 9.75. The van der Waals surface area contributed by atoms with Crippen molar-refractivity contribution >= 4 is 18.3 Å². The third-order valence-electron chi connectivity index (χ3n) is 4.15. The highest BCUT2D eigenvalue weighted by atomic mass is 19.4. The molecule has 0 radical (unpaired) electrons. The van der Waals surface area contributed by atoms with E-state index < -0.39 is 30.1 Å². The first-order valence-corrected chi connectivity index (χ1v) is 6.72. The molecule has 0 saturated carbocycles. The molecule has 0 amide bonds. The van der Waals surface area contributed by atoms with E-state index in [1.165, 1.54) is 6.07 Å². The van der Waals surface area contributed by atoms with Crippen molar-refractivity contribution in [2.75, 3.05) is 12.4 Å². The van der Waals surface area contributed by atoms with Gasteiger partial charge in [0.1, 0.15) is 0 Å². The molecule has 3 nitrogen and oxygen atoms in total. The van der Waals surface area contributed by atoms with Crippen LogP contribution in [0.2, 0.25) is 0 Å². The maximum absolute atomic E-state index is 13.3. The summed E-state index contributed by atoms with van der Waals surface area (Å²) in [5, 5.41) is 2.71. The standard InChI is InChI=1S/C14H19BF3NO2/c1-12(2)13(3,4)21-15(20-12)11-7-6-9(19-5)8-10(11)14(16,17)18/h6-8,19H,1-5H3. The lowest BCUT2D eigenvalue weighted by Crippen LogP contribution is -2.41. The molecule has 0 aliphatic carbocycles. The Bertz CT molecular complexity index is 528. The van der Waals surface area contributed by atoms with Crippen molar-refractivity contribution in [1.82, 2.24) is 0 Å². The highest BCUT2D eigenvalue weighted by Crippen LogP contribution is 2.38. The van der Waals surface area contributed by atoms with Crippen molar-refractivity contribution < 1.29 is 22.5 Å². The van der Waals surface area contributed by atoms with Crippen LogP contribution in [0.5, 0.6) is 0 Å². The number of alkyl halides is 3. The van der Waals surface area contributed by atoms with E-state index in [0.29, 0.717) is 5.69 Å². The summed E-state index contributed by atoms with van der Waals surface area (Å²) in [6.07, 6.45) is -4.47. The molecule has 1 aromatic rings. The molecule has 1 aromatic carbocycles. The van der Waals surface area contributed by atoms with Gasteiger partial charge in [-0.3, -0.25) is 0 Å². The van der Waals surface area contributed by atoms with Crippen LogP contribution in [0.25, 0.3) is 0 Å². The Morgan fingerprint density at radius 2 is 1.57 bits per heavy atom. The number of hydrogen-bond donors (Lipinski definition) is 1. The fourth-order valence-electron chi connectivity index (χ4n) is 2.13. The first-order chi connectivity index (χ1) is 9.48. The second-order valence-corrected chi connectivity index (χ2v) is 6.14. The largest absolute Gasteiger partial charge is 0.495 e. The lowest BCUT2D eigenvalue weighted by molar-refractivity contribution is -0.136. The molecule has 0 atom stereocenters. The van der Waals surface area contributed by atoms with Crippen LogP contribution in [-0.2, 0) is 15.5 Å². The first-order valence-electron chi connectivity index (χ1n) is 6.72. The molecule has 0 bridgehead atoms. The summed E-state index contributed by atoms with van der Waals surface area (Å²) in [6, 6.07) is 4.05. The zero-order chi connectivity index (χ0) is 16.1. The zero-order valence-electron chi connectivity index (χ0n) is 12.8. The van der Waals surface area contributed by atoms with Crippen molar-refractivity contribution in [3.05, 3.63) is 23.8 Å². The molecule has 2 rings (SSSR count). The van der Waals surface area contributed by atoms with Crippen molar-refractivity contribution in [3.63, 3.8) is 0 Å². The van der Waals surface area contributed by atoms with Crippen LogP contribution in [0, 0.1) is 0 Å². The molecule has 0 spiro atoms. The van der Waals surface area contributed by atoms with Gasteiger partial charge in [0, 0.05) is 12.7 Å². The van der Waals surface area contributed by atoms with Gasteiger partial charge >= 0.3 is 13.3 Å². The molecule has 0 unspecified atom stereocenters. The number of nitrogens with one attached hydrogen (secondary N) is 1. The van der Waals surface area contributed by atoms with E-state index in [-0.39, 0.29) is 5.46 Å². The molecular formula is C14H19BF3NO2. The molecule has 1 aliphatic heterocycles. The smallest absolute Gasteiger partial charge is 0.399 e. The van der Waals surface area contributed by atoms with Crippen LogP contribution in [0.1, 0.15) is 33.3 Å². The average Bonchev–Trinajstić information content (AvgIpc) is 2.56. The quantitative estimate of drug-likeness (QED) is 0.852. The summed E-state index contributed by atoms with van der Waals surface area (Å²) in [6.45, 7) is 7.23. The molecule has 1 aliphatic rings. The van der Waals surface area contributed by atoms with Gasteiger partial charge in [-0.1, -0.05) is 6.07 Å². The molecule has 1 heterocycles. The summed E-state index contributed by atoms with van der Waals surface area (Å²) >= 11 is 0. The molecule has 116 valence electrons. The lowest BCUT2D eigenvalue weighted by Gasteiger charge is -2.32. The molecule has 0 aromatic heterocycles. The molecule has 7 heteroatoms. The van der Waals surface area contributed by atoms with Crippen molar-refractivity contribution in [3.8, 4) is 0 Å². The Hall–Kier alpha value is -1.21. The van der Waals surface area contributed by atoms with Gasteiger partial charge in [-0.25, -0.2) is 0 Å². The van der Waals surface area contributed by atoms with Crippen molar-refractivity contribution in [2.45, 2.75) is 45.1 Å². The van der Waals surface area contributed by atoms with E-state index >= 15 is 0 Å². The fourth-order valence-corrected chi connectivity index (χ4v) is 2.13. The minimum atomic E-state index is -4.47. The van der Waals surface area contributed by atoms with Crippen LogP contribution < -0.4 is 10.8 Å². The first kappa shape index (κ1) is 16.2. The van der Waals surface area contributed by atoms with Crippen LogP contribution in [0.15, 0.2) is 18.2 Å².